The molecule has 1 atom stereocenters. The largest absolute Gasteiger partial charge is 0.486 e. The maximum atomic E-state index is 13.1. The fraction of sp³-hybridized carbons (Fsp3) is 0.381. The van der Waals surface area contributed by atoms with Crippen LogP contribution >= 0.6 is 0 Å². The molecule has 1 unspecified atom stereocenters. The van der Waals surface area contributed by atoms with E-state index in [1.165, 1.54) is 5.56 Å². The molecule has 1 saturated heterocycles. The van der Waals surface area contributed by atoms with E-state index < -0.39 is 0 Å². The molecule has 0 radical (unpaired) electrons. The molecule has 2 aliphatic rings. The molecule has 2 aliphatic heterocycles. The minimum atomic E-state index is 0.0519. The summed E-state index contributed by atoms with van der Waals surface area (Å²) < 4.78 is 11.3. The van der Waals surface area contributed by atoms with E-state index in [1.807, 2.05) is 23.1 Å². The zero-order valence-corrected chi connectivity index (χ0v) is 14.3. The van der Waals surface area contributed by atoms with Crippen LogP contribution in [0.4, 0.5) is 0 Å². The highest BCUT2D eigenvalue weighted by molar-refractivity contribution is 5.98. The van der Waals surface area contributed by atoms with Gasteiger partial charge in [-0.3, -0.25) is 4.79 Å². The van der Waals surface area contributed by atoms with Gasteiger partial charge in [0.05, 0.1) is 5.56 Å². The van der Waals surface area contributed by atoms with Crippen molar-refractivity contribution in [1.82, 2.24) is 4.90 Å². The molecular weight excluding hydrogens is 314 g/mol. The molecule has 2 heterocycles. The Balaban J connectivity index is 1.50. The van der Waals surface area contributed by atoms with E-state index in [9.17, 15) is 4.79 Å². The first-order chi connectivity index (χ1) is 12.3. The van der Waals surface area contributed by atoms with Gasteiger partial charge in [0.25, 0.3) is 5.91 Å². The van der Waals surface area contributed by atoms with Gasteiger partial charge in [-0.15, -0.1) is 0 Å². The van der Waals surface area contributed by atoms with Crippen molar-refractivity contribution < 1.29 is 14.3 Å². The Morgan fingerprint density at radius 3 is 2.64 bits per heavy atom. The monoisotopic (exact) mass is 337 g/mol. The Morgan fingerprint density at radius 2 is 1.76 bits per heavy atom. The van der Waals surface area contributed by atoms with E-state index in [-0.39, 0.29) is 5.91 Å². The van der Waals surface area contributed by atoms with E-state index in [0.717, 1.165) is 32.4 Å². The number of nitrogens with zero attached hydrogens (tertiary/aromatic N) is 1. The van der Waals surface area contributed by atoms with E-state index in [1.54, 1.807) is 0 Å². The lowest BCUT2D eigenvalue weighted by Gasteiger charge is -2.25. The summed E-state index contributed by atoms with van der Waals surface area (Å²) in [4.78, 5) is 15.0. The summed E-state index contributed by atoms with van der Waals surface area (Å²) in [6.45, 7) is 2.61. The molecule has 4 heteroatoms. The number of rotatable bonds is 2. The normalized spacial score (nSPS) is 20.0. The van der Waals surface area contributed by atoms with E-state index in [4.69, 9.17) is 9.47 Å². The number of benzene rings is 2. The van der Waals surface area contributed by atoms with Crippen molar-refractivity contribution in [2.24, 2.45) is 0 Å². The van der Waals surface area contributed by atoms with E-state index in [0.29, 0.717) is 36.2 Å². The van der Waals surface area contributed by atoms with Gasteiger partial charge < -0.3 is 14.4 Å². The molecular formula is C21H23NO3. The Bertz CT molecular complexity index is 744. The van der Waals surface area contributed by atoms with Crippen LogP contribution in [0.5, 0.6) is 11.5 Å². The van der Waals surface area contributed by atoms with Crippen molar-refractivity contribution in [3.05, 3.63) is 59.7 Å². The minimum absolute atomic E-state index is 0.0519. The quantitative estimate of drug-likeness (QED) is 0.835. The van der Waals surface area contributed by atoms with Gasteiger partial charge in [0, 0.05) is 13.1 Å². The molecule has 0 bridgehead atoms. The van der Waals surface area contributed by atoms with Gasteiger partial charge >= 0.3 is 0 Å². The molecule has 4 rings (SSSR count). The summed E-state index contributed by atoms with van der Waals surface area (Å²) in [6, 6.07) is 16.2. The number of hydrogen-bond donors (Lipinski definition) is 0. The van der Waals surface area contributed by atoms with Crippen molar-refractivity contribution >= 4 is 5.91 Å². The summed E-state index contributed by atoms with van der Waals surface area (Å²) in [7, 11) is 0. The summed E-state index contributed by atoms with van der Waals surface area (Å²) in [5, 5.41) is 0. The van der Waals surface area contributed by atoms with E-state index in [2.05, 4.69) is 30.3 Å². The number of carbonyl (C=O) groups excluding carboxylic acids is 1. The van der Waals surface area contributed by atoms with Gasteiger partial charge in [-0.2, -0.15) is 0 Å². The van der Waals surface area contributed by atoms with Crippen molar-refractivity contribution in [1.29, 1.82) is 0 Å². The SMILES string of the molecule is O=C(c1cccc2c1OCCO2)N1CCCC(c2ccccc2)CC1. The van der Waals surface area contributed by atoms with Crippen LogP contribution in [0.2, 0.25) is 0 Å². The highest BCUT2D eigenvalue weighted by atomic mass is 16.6. The topological polar surface area (TPSA) is 38.8 Å². The van der Waals surface area contributed by atoms with Crippen LogP contribution in [0.1, 0.15) is 41.1 Å². The second kappa shape index (κ2) is 7.18. The molecule has 1 fully saturated rings. The number of fused-ring (bicyclic) bond motifs is 1. The van der Waals surface area contributed by atoms with Crippen molar-refractivity contribution in [3.63, 3.8) is 0 Å². The average Bonchev–Trinajstić information content (AvgIpc) is 2.94. The molecule has 0 aliphatic carbocycles. The smallest absolute Gasteiger partial charge is 0.257 e. The Morgan fingerprint density at radius 1 is 0.920 bits per heavy atom. The summed E-state index contributed by atoms with van der Waals surface area (Å²) >= 11 is 0. The van der Waals surface area contributed by atoms with Gasteiger partial charge in [0.1, 0.15) is 13.2 Å². The number of likely N-dealkylation sites (tertiary alicyclic amines) is 1. The highest BCUT2D eigenvalue weighted by Gasteiger charge is 2.26. The van der Waals surface area contributed by atoms with Crippen molar-refractivity contribution in [3.8, 4) is 11.5 Å². The first-order valence-electron chi connectivity index (χ1n) is 9.06. The van der Waals surface area contributed by atoms with Crippen molar-refractivity contribution in [2.75, 3.05) is 26.3 Å². The highest BCUT2D eigenvalue weighted by Crippen LogP contribution is 2.35. The fourth-order valence-corrected chi connectivity index (χ4v) is 3.77. The number of para-hydroxylation sites is 1. The fourth-order valence-electron chi connectivity index (χ4n) is 3.77. The molecule has 4 nitrogen and oxygen atoms in total. The maximum Gasteiger partial charge on any atom is 0.257 e. The second-order valence-electron chi connectivity index (χ2n) is 6.66. The summed E-state index contributed by atoms with van der Waals surface area (Å²) in [5.41, 5.74) is 2.00. The standard InChI is InChI=1S/C21H23NO3/c23-21(18-9-4-10-19-20(18)25-15-14-24-19)22-12-5-8-17(11-13-22)16-6-2-1-3-7-16/h1-4,6-7,9-10,17H,5,8,11-15H2. The van der Waals surface area contributed by atoms with Crippen LogP contribution in [-0.2, 0) is 0 Å². The molecule has 0 aromatic heterocycles. The van der Waals surface area contributed by atoms with E-state index >= 15 is 0 Å². The minimum Gasteiger partial charge on any atom is -0.486 e. The van der Waals surface area contributed by atoms with Crippen LogP contribution in [0, 0.1) is 0 Å². The van der Waals surface area contributed by atoms with Gasteiger partial charge in [0.2, 0.25) is 0 Å². The number of hydrogen-bond acceptors (Lipinski definition) is 3. The van der Waals surface area contributed by atoms with Crippen LogP contribution in [0.3, 0.4) is 0 Å². The third-order valence-corrected chi connectivity index (χ3v) is 5.08. The average molecular weight is 337 g/mol. The molecule has 1 amide bonds. The molecule has 25 heavy (non-hydrogen) atoms. The maximum absolute atomic E-state index is 13.1. The lowest BCUT2D eigenvalue weighted by molar-refractivity contribution is 0.0750. The summed E-state index contributed by atoms with van der Waals surface area (Å²) in [5.74, 6) is 1.86. The zero-order valence-electron chi connectivity index (χ0n) is 14.3. The number of carbonyl (C=O) groups is 1. The molecule has 0 spiro atoms. The number of amides is 1. The molecule has 2 aromatic carbocycles. The predicted octanol–water partition coefficient (Wildman–Crippen LogP) is 3.87. The first kappa shape index (κ1) is 16.0. The predicted molar refractivity (Wildman–Crippen MR) is 96.4 cm³/mol. The number of ether oxygens (including phenoxy) is 2. The van der Waals surface area contributed by atoms with Gasteiger partial charge in [-0.1, -0.05) is 36.4 Å². The van der Waals surface area contributed by atoms with Crippen LogP contribution in [-0.4, -0.2) is 37.1 Å². The zero-order chi connectivity index (χ0) is 17.1. The molecule has 130 valence electrons. The van der Waals surface area contributed by atoms with Gasteiger partial charge in [-0.25, -0.2) is 0 Å². The first-order valence-corrected chi connectivity index (χ1v) is 9.06. The third kappa shape index (κ3) is 3.34. The molecule has 0 saturated carbocycles. The Labute approximate surface area is 148 Å². The van der Waals surface area contributed by atoms with Crippen LogP contribution in [0.15, 0.2) is 48.5 Å². The van der Waals surface area contributed by atoms with Crippen LogP contribution in [0.25, 0.3) is 0 Å². The second-order valence-corrected chi connectivity index (χ2v) is 6.66. The van der Waals surface area contributed by atoms with Crippen molar-refractivity contribution in [2.45, 2.75) is 25.2 Å². The summed E-state index contributed by atoms with van der Waals surface area (Å²) in [6.07, 6.45) is 3.15. The van der Waals surface area contributed by atoms with Crippen LogP contribution < -0.4 is 9.47 Å². The molecule has 0 N–H and O–H groups in total. The third-order valence-electron chi connectivity index (χ3n) is 5.08. The molecule has 2 aromatic rings. The Kier molecular flexibility index (Phi) is 4.59. The van der Waals surface area contributed by atoms with Gasteiger partial charge in [0.15, 0.2) is 11.5 Å². The lowest BCUT2D eigenvalue weighted by Crippen LogP contribution is -2.32. The lowest BCUT2D eigenvalue weighted by atomic mass is 9.92. The Hall–Kier alpha value is -2.49. The van der Waals surface area contributed by atoms with Gasteiger partial charge in [-0.05, 0) is 42.9 Å².